The average Bonchev–Trinajstić information content (AvgIpc) is 2.72. The van der Waals surface area contributed by atoms with E-state index in [1.54, 1.807) is 0 Å². The first-order chi connectivity index (χ1) is 6.95. The minimum absolute atomic E-state index is 0.927. The summed E-state index contributed by atoms with van der Waals surface area (Å²) in [7, 11) is 0. The molecule has 14 heavy (non-hydrogen) atoms. The van der Waals surface area contributed by atoms with Gasteiger partial charge >= 0.3 is 0 Å². The second-order valence-electron chi connectivity index (χ2n) is 3.78. The van der Waals surface area contributed by atoms with Crippen molar-refractivity contribution >= 4 is 23.1 Å². The van der Waals surface area contributed by atoms with E-state index in [0.29, 0.717) is 0 Å². The van der Waals surface area contributed by atoms with Gasteiger partial charge in [-0.1, -0.05) is 6.07 Å². The van der Waals surface area contributed by atoms with Crippen LogP contribution in [0.2, 0.25) is 0 Å². The van der Waals surface area contributed by atoms with Crippen LogP contribution >= 0.6 is 23.1 Å². The molecule has 1 saturated heterocycles. The molecule has 0 saturated carbocycles. The number of rotatable bonds is 4. The summed E-state index contributed by atoms with van der Waals surface area (Å²) < 4.78 is 1.47. The monoisotopic (exact) mass is 227 g/mol. The highest BCUT2D eigenvalue weighted by Gasteiger charge is 2.12. The summed E-state index contributed by atoms with van der Waals surface area (Å²) in [5.41, 5.74) is 0. The van der Waals surface area contributed by atoms with Crippen molar-refractivity contribution < 1.29 is 0 Å². The minimum atomic E-state index is 0.927. The first kappa shape index (κ1) is 10.5. The number of hydrogen-bond acceptors (Lipinski definition) is 3. The SMILES string of the molecule is c1csc(SCCC2CCCNC2)c1. The third kappa shape index (κ3) is 3.30. The van der Waals surface area contributed by atoms with Crippen molar-refractivity contribution in [3.8, 4) is 0 Å². The molecule has 0 aromatic carbocycles. The molecule has 0 amide bonds. The second kappa shape index (κ2) is 5.79. The standard InChI is InChI=1S/C11H17NS2/c1-3-10(9-12-6-1)5-8-14-11-4-2-7-13-11/h2,4,7,10,12H,1,3,5-6,8-9H2. The van der Waals surface area contributed by atoms with Crippen LogP contribution in [0, 0.1) is 5.92 Å². The average molecular weight is 227 g/mol. The van der Waals surface area contributed by atoms with E-state index < -0.39 is 0 Å². The van der Waals surface area contributed by atoms with Crippen molar-refractivity contribution in [2.24, 2.45) is 5.92 Å². The van der Waals surface area contributed by atoms with Crippen LogP contribution in [-0.2, 0) is 0 Å². The quantitative estimate of drug-likeness (QED) is 0.793. The fourth-order valence-corrected chi connectivity index (χ4v) is 3.81. The summed E-state index contributed by atoms with van der Waals surface area (Å²) in [5.74, 6) is 2.21. The number of piperidine rings is 1. The lowest BCUT2D eigenvalue weighted by molar-refractivity contribution is 0.371. The third-order valence-electron chi connectivity index (χ3n) is 2.66. The largest absolute Gasteiger partial charge is 0.316 e. The highest BCUT2D eigenvalue weighted by molar-refractivity contribution is 8.01. The summed E-state index contributed by atoms with van der Waals surface area (Å²) in [6.07, 6.45) is 4.17. The topological polar surface area (TPSA) is 12.0 Å². The summed E-state index contributed by atoms with van der Waals surface area (Å²) in [4.78, 5) is 0. The van der Waals surface area contributed by atoms with Crippen LogP contribution in [0.5, 0.6) is 0 Å². The molecule has 1 nitrogen and oxygen atoms in total. The maximum absolute atomic E-state index is 3.47. The Kier molecular flexibility index (Phi) is 4.35. The van der Waals surface area contributed by atoms with Gasteiger partial charge in [-0.25, -0.2) is 0 Å². The van der Waals surface area contributed by atoms with Crippen LogP contribution in [0.4, 0.5) is 0 Å². The molecule has 78 valence electrons. The maximum Gasteiger partial charge on any atom is 0.0598 e. The van der Waals surface area contributed by atoms with Crippen molar-refractivity contribution in [1.82, 2.24) is 5.32 Å². The van der Waals surface area contributed by atoms with E-state index in [4.69, 9.17) is 0 Å². The Balaban J connectivity index is 1.62. The van der Waals surface area contributed by atoms with E-state index in [-0.39, 0.29) is 0 Å². The fraction of sp³-hybridized carbons (Fsp3) is 0.636. The van der Waals surface area contributed by atoms with Gasteiger partial charge in [-0.2, -0.15) is 0 Å². The predicted octanol–water partition coefficient (Wildman–Crippen LogP) is 3.23. The van der Waals surface area contributed by atoms with Gasteiger partial charge in [0.1, 0.15) is 0 Å². The van der Waals surface area contributed by atoms with Crippen molar-refractivity contribution in [2.45, 2.75) is 23.5 Å². The molecule has 0 bridgehead atoms. The van der Waals surface area contributed by atoms with Gasteiger partial charge in [-0.3, -0.25) is 0 Å². The molecule has 1 aromatic heterocycles. The predicted molar refractivity (Wildman–Crippen MR) is 65.3 cm³/mol. The molecule has 3 heteroatoms. The molecule has 1 aliphatic rings. The normalized spacial score (nSPS) is 22.4. The molecule has 1 fully saturated rings. The lowest BCUT2D eigenvalue weighted by Gasteiger charge is -2.22. The maximum atomic E-state index is 3.47. The molecule has 1 N–H and O–H groups in total. The Morgan fingerprint density at radius 2 is 2.57 bits per heavy atom. The van der Waals surface area contributed by atoms with Crippen LogP contribution < -0.4 is 5.32 Å². The van der Waals surface area contributed by atoms with Crippen LogP contribution in [0.3, 0.4) is 0 Å². The zero-order chi connectivity index (χ0) is 9.64. The Morgan fingerprint density at radius 3 is 3.29 bits per heavy atom. The summed E-state index contributed by atoms with van der Waals surface area (Å²) >= 11 is 3.87. The summed E-state index contributed by atoms with van der Waals surface area (Å²) in [6.45, 7) is 2.47. The van der Waals surface area contributed by atoms with Gasteiger partial charge in [0.15, 0.2) is 0 Å². The van der Waals surface area contributed by atoms with E-state index >= 15 is 0 Å². The first-order valence-corrected chi connectivity index (χ1v) is 7.19. The lowest BCUT2D eigenvalue weighted by atomic mass is 9.97. The molecule has 2 heterocycles. The highest BCUT2D eigenvalue weighted by Crippen LogP contribution is 2.26. The van der Waals surface area contributed by atoms with Crippen molar-refractivity contribution in [2.75, 3.05) is 18.8 Å². The molecular weight excluding hydrogens is 210 g/mol. The first-order valence-electron chi connectivity index (χ1n) is 5.32. The summed E-state index contributed by atoms with van der Waals surface area (Å²) in [5, 5.41) is 5.63. The lowest BCUT2D eigenvalue weighted by Crippen LogP contribution is -2.29. The van der Waals surface area contributed by atoms with Crippen LogP contribution in [0.1, 0.15) is 19.3 Å². The van der Waals surface area contributed by atoms with Gasteiger partial charge in [0.25, 0.3) is 0 Å². The van der Waals surface area contributed by atoms with Crippen LogP contribution in [-0.4, -0.2) is 18.8 Å². The molecule has 0 aliphatic carbocycles. The number of thioether (sulfide) groups is 1. The van der Waals surface area contributed by atoms with Crippen LogP contribution in [0.25, 0.3) is 0 Å². The molecule has 1 unspecified atom stereocenters. The zero-order valence-electron chi connectivity index (χ0n) is 8.37. The second-order valence-corrected chi connectivity index (χ2v) is 6.12. The Hall–Kier alpha value is 0.01000. The number of thiophene rings is 1. The van der Waals surface area contributed by atoms with E-state index in [9.17, 15) is 0 Å². The molecule has 1 aromatic rings. The summed E-state index contributed by atoms with van der Waals surface area (Å²) in [6, 6.07) is 4.35. The zero-order valence-corrected chi connectivity index (χ0v) is 10.0. The fourth-order valence-electron chi connectivity index (χ4n) is 1.84. The molecule has 0 radical (unpaired) electrons. The van der Waals surface area contributed by atoms with Crippen molar-refractivity contribution in [3.05, 3.63) is 17.5 Å². The minimum Gasteiger partial charge on any atom is -0.316 e. The Labute approximate surface area is 94.3 Å². The van der Waals surface area contributed by atoms with Crippen molar-refractivity contribution in [1.29, 1.82) is 0 Å². The van der Waals surface area contributed by atoms with Gasteiger partial charge in [0.05, 0.1) is 4.21 Å². The molecule has 0 spiro atoms. The number of nitrogens with one attached hydrogen (secondary N) is 1. The third-order valence-corrected chi connectivity index (χ3v) is 4.83. The number of hydrogen-bond donors (Lipinski definition) is 1. The van der Waals surface area contributed by atoms with E-state index in [0.717, 1.165) is 5.92 Å². The van der Waals surface area contributed by atoms with E-state index in [1.807, 2.05) is 23.1 Å². The Bertz CT molecular complexity index is 240. The highest BCUT2D eigenvalue weighted by atomic mass is 32.2. The molecule has 2 rings (SSSR count). The van der Waals surface area contributed by atoms with E-state index in [1.165, 1.54) is 42.3 Å². The molecule has 1 aliphatic heterocycles. The van der Waals surface area contributed by atoms with Gasteiger partial charge in [0.2, 0.25) is 0 Å². The van der Waals surface area contributed by atoms with Crippen molar-refractivity contribution in [3.63, 3.8) is 0 Å². The van der Waals surface area contributed by atoms with Gasteiger partial charge < -0.3 is 5.32 Å². The van der Waals surface area contributed by atoms with Gasteiger partial charge in [-0.15, -0.1) is 23.1 Å². The smallest absolute Gasteiger partial charge is 0.0598 e. The van der Waals surface area contributed by atoms with Gasteiger partial charge in [0, 0.05) is 0 Å². The molecular formula is C11H17NS2. The van der Waals surface area contributed by atoms with E-state index in [2.05, 4.69) is 22.8 Å². The Morgan fingerprint density at radius 1 is 1.57 bits per heavy atom. The van der Waals surface area contributed by atoms with Gasteiger partial charge in [-0.05, 0) is 55.5 Å². The van der Waals surface area contributed by atoms with Crippen LogP contribution in [0.15, 0.2) is 21.7 Å². The molecule has 1 atom stereocenters.